The van der Waals surface area contributed by atoms with Gasteiger partial charge in [0.15, 0.2) is 0 Å². The third-order valence-electron chi connectivity index (χ3n) is 3.79. The molecule has 0 radical (unpaired) electrons. The minimum atomic E-state index is -0.215. The Morgan fingerprint density at radius 2 is 1.92 bits per heavy atom. The molecule has 6 heteroatoms. The van der Waals surface area contributed by atoms with Crippen LogP contribution in [0.4, 0.5) is 5.95 Å². The lowest BCUT2D eigenvalue weighted by Gasteiger charge is -2.13. The highest BCUT2D eigenvalue weighted by atomic mass is 16.5. The van der Waals surface area contributed by atoms with Crippen molar-refractivity contribution in [1.29, 1.82) is 0 Å². The van der Waals surface area contributed by atoms with E-state index < -0.39 is 0 Å². The predicted octanol–water partition coefficient (Wildman–Crippen LogP) is 3.39. The summed E-state index contributed by atoms with van der Waals surface area (Å²) in [5.74, 6) is 0.592. The molecule has 1 heterocycles. The number of hydrogen-bond donors (Lipinski definition) is 1. The molecular weight excluding hydrogens is 316 g/mol. The van der Waals surface area contributed by atoms with Crippen LogP contribution in [-0.2, 0) is 0 Å². The molecule has 1 aromatic carbocycles. The van der Waals surface area contributed by atoms with Crippen molar-refractivity contribution in [2.24, 2.45) is 0 Å². The van der Waals surface area contributed by atoms with Crippen molar-refractivity contribution in [3.05, 3.63) is 36.0 Å². The van der Waals surface area contributed by atoms with E-state index >= 15 is 0 Å². The fraction of sp³-hybridized carbons (Fsp3) is 0.421. The van der Waals surface area contributed by atoms with Crippen LogP contribution >= 0.6 is 0 Å². The summed E-state index contributed by atoms with van der Waals surface area (Å²) in [6, 6.07) is 9.29. The van der Waals surface area contributed by atoms with Crippen LogP contribution in [0.25, 0.3) is 11.3 Å². The van der Waals surface area contributed by atoms with E-state index in [1.165, 1.54) is 17.7 Å². The topological polar surface area (TPSA) is 81.3 Å². The van der Waals surface area contributed by atoms with Crippen LogP contribution in [0.3, 0.4) is 0 Å². The fourth-order valence-corrected chi connectivity index (χ4v) is 2.46. The molecule has 0 spiro atoms. The highest BCUT2D eigenvalue weighted by Crippen LogP contribution is 2.29. The highest BCUT2D eigenvalue weighted by Gasteiger charge is 2.15. The molecule has 25 heavy (non-hydrogen) atoms. The van der Waals surface area contributed by atoms with E-state index in [-0.39, 0.29) is 17.5 Å². The van der Waals surface area contributed by atoms with Crippen molar-refractivity contribution in [2.45, 2.75) is 32.6 Å². The van der Waals surface area contributed by atoms with Gasteiger partial charge in [0.1, 0.15) is 11.4 Å². The van der Waals surface area contributed by atoms with E-state index in [0.29, 0.717) is 12.3 Å². The van der Waals surface area contributed by atoms with Crippen molar-refractivity contribution in [3.63, 3.8) is 0 Å². The molecule has 1 aromatic heterocycles. The molecule has 0 aliphatic carbocycles. The molecule has 1 amide bonds. The number of carbonyl (C=O) groups excluding carboxylic acids is 1. The summed E-state index contributed by atoms with van der Waals surface area (Å²) in [7, 11) is 3.35. The Morgan fingerprint density at radius 3 is 2.64 bits per heavy atom. The lowest BCUT2D eigenvalue weighted by Crippen LogP contribution is -2.23. The van der Waals surface area contributed by atoms with Gasteiger partial charge in [-0.1, -0.05) is 38.3 Å². The van der Waals surface area contributed by atoms with Crippen molar-refractivity contribution in [2.75, 3.05) is 26.4 Å². The summed E-state index contributed by atoms with van der Waals surface area (Å²) < 4.78 is 5.93. The zero-order valence-electron chi connectivity index (χ0n) is 15.2. The summed E-state index contributed by atoms with van der Waals surface area (Å²) in [6.07, 6.45) is 4.57. The van der Waals surface area contributed by atoms with Crippen molar-refractivity contribution in [1.82, 2.24) is 14.9 Å². The van der Waals surface area contributed by atoms with Gasteiger partial charge in [-0.2, -0.15) is 0 Å². The van der Waals surface area contributed by atoms with Gasteiger partial charge in [-0.15, -0.1) is 0 Å². The first-order chi connectivity index (χ1) is 12.0. The number of aromatic nitrogens is 2. The summed E-state index contributed by atoms with van der Waals surface area (Å²) in [4.78, 5) is 22.0. The number of para-hydroxylation sites is 1. The average Bonchev–Trinajstić information content (AvgIpc) is 2.60. The molecule has 0 unspecified atom stereocenters. The van der Waals surface area contributed by atoms with E-state index in [2.05, 4.69) is 16.9 Å². The maximum atomic E-state index is 12.2. The molecule has 6 nitrogen and oxygen atoms in total. The van der Waals surface area contributed by atoms with E-state index in [0.717, 1.165) is 24.2 Å². The third kappa shape index (κ3) is 5.17. The van der Waals surface area contributed by atoms with Gasteiger partial charge >= 0.3 is 0 Å². The maximum Gasteiger partial charge on any atom is 0.272 e. The number of nitrogen functional groups attached to an aromatic ring is 1. The Morgan fingerprint density at radius 1 is 1.16 bits per heavy atom. The number of carbonyl (C=O) groups is 1. The lowest BCUT2D eigenvalue weighted by atomic mass is 10.1. The van der Waals surface area contributed by atoms with Gasteiger partial charge in [-0.3, -0.25) is 4.79 Å². The molecule has 0 saturated carbocycles. The Kier molecular flexibility index (Phi) is 6.74. The largest absolute Gasteiger partial charge is 0.493 e. The van der Waals surface area contributed by atoms with Gasteiger partial charge < -0.3 is 15.4 Å². The number of amides is 1. The number of hydrogen-bond acceptors (Lipinski definition) is 5. The zero-order chi connectivity index (χ0) is 18.2. The summed E-state index contributed by atoms with van der Waals surface area (Å²) >= 11 is 0. The number of nitrogens with zero attached hydrogens (tertiary/aromatic N) is 3. The van der Waals surface area contributed by atoms with Crippen LogP contribution in [0, 0.1) is 0 Å². The average molecular weight is 342 g/mol. The van der Waals surface area contributed by atoms with Crippen LogP contribution in [0.1, 0.15) is 43.1 Å². The molecule has 0 aliphatic heterocycles. The SMILES string of the molecule is CCCCCCOc1ccccc1-c1cc(C(=O)N(C)C)nc(N)n1. The first kappa shape index (κ1) is 18.7. The molecule has 2 N–H and O–H groups in total. The number of rotatable bonds is 8. The standard InChI is InChI=1S/C19H26N4O2/c1-4-5-6-9-12-25-17-11-8-7-10-14(17)15-13-16(18(24)23(2)3)22-19(20)21-15/h7-8,10-11,13H,4-6,9,12H2,1-3H3,(H2,20,21,22). The number of anilines is 1. The number of benzene rings is 1. The number of unbranched alkanes of at least 4 members (excludes halogenated alkanes) is 3. The molecule has 0 saturated heterocycles. The molecule has 0 fully saturated rings. The van der Waals surface area contributed by atoms with E-state index in [9.17, 15) is 4.79 Å². The van der Waals surface area contributed by atoms with Crippen molar-refractivity contribution in [3.8, 4) is 17.0 Å². The predicted molar refractivity (Wildman–Crippen MR) is 99.5 cm³/mol. The van der Waals surface area contributed by atoms with Gasteiger partial charge in [0.25, 0.3) is 5.91 Å². The van der Waals surface area contributed by atoms with Crippen molar-refractivity contribution >= 4 is 11.9 Å². The van der Waals surface area contributed by atoms with Gasteiger partial charge in [0.05, 0.1) is 12.3 Å². The summed E-state index contributed by atoms with van der Waals surface area (Å²) in [5.41, 5.74) is 7.47. The second-order valence-corrected chi connectivity index (χ2v) is 6.10. The monoisotopic (exact) mass is 342 g/mol. The molecule has 0 bridgehead atoms. The Hall–Kier alpha value is -2.63. The van der Waals surface area contributed by atoms with Gasteiger partial charge in [0, 0.05) is 19.7 Å². The van der Waals surface area contributed by atoms with Crippen LogP contribution in [0.2, 0.25) is 0 Å². The maximum absolute atomic E-state index is 12.2. The first-order valence-corrected chi connectivity index (χ1v) is 8.61. The second-order valence-electron chi connectivity index (χ2n) is 6.10. The summed E-state index contributed by atoms with van der Waals surface area (Å²) in [5, 5.41) is 0. The Labute approximate surface area is 149 Å². The normalized spacial score (nSPS) is 10.5. The van der Waals surface area contributed by atoms with Gasteiger partial charge in [-0.05, 0) is 24.6 Å². The Balaban J connectivity index is 2.25. The molecular formula is C19H26N4O2. The van der Waals surface area contributed by atoms with E-state index in [1.54, 1.807) is 20.2 Å². The van der Waals surface area contributed by atoms with E-state index in [1.807, 2.05) is 24.3 Å². The van der Waals surface area contributed by atoms with Crippen LogP contribution in [0.15, 0.2) is 30.3 Å². The molecule has 2 rings (SSSR count). The van der Waals surface area contributed by atoms with Crippen molar-refractivity contribution < 1.29 is 9.53 Å². The third-order valence-corrected chi connectivity index (χ3v) is 3.79. The van der Waals surface area contributed by atoms with Crippen LogP contribution in [0.5, 0.6) is 5.75 Å². The fourth-order valence-electron chi connectivity index (χ4n) is 2.46. The van der Waals surface area contributed by atoms with Gasteiger partial charge in [-0.25, -0.2) is 9.97 Å². The molecule has 2 aromatic rings. The van der Waals surface area contributed by atoms with E-state index in [4.69, 9.17) is 10.5 Å². The molecule has 0 aliphatic rings. The second kappa shape index (κ2) is 9.01. The molecule has 0 atom stereocenters. The Bertz CT molecular complexity index is 716. The first-order valence-electron chi connectivity index (χ1n) is 8.61. The quantitative estimate of drug-likeness (QED) is 0.744. The van der Waals surface area contributed by atoms with Gasteiger partial charge in [0.2, 0.25) is 5.95 Å². The molecule has 134 valence electrons. The number of ether oxygens (including phenoxy) is 1. The van der Waals surface area contributed by atoms with Crippen LogP contribution in [-0.4, -0.2) is 41.5 Å². The summed E-state index contributed by atoms with van der Waals surface area (Å²) in [6.45, 7) is 2.84. The minimum Gasteiger partial charge on any atom is -0.493 e. The lowest BCUT2D eigenvalue weighted by molar-refractivity contribution is 0.0822. The number of nitrogens with two attached hydrogens (primary N) is 1. The zero-order valence-corrected chi connectivity index (χ0v) is 15.2. The highest BCUT2D eigenvalue weighted by molar-refractivity contribution is 5.93. The minimum absolute atomic E-state index is 0.0699. The smallest absolute Gasteiger partial charge is 0.272 e. The van der Waals surface area contributed by atoms with Crippen LogP contribution < -0.4 is 10.5 Å².